The van der Waals surface area contributed by atoms with Crippen LogP contribution in [0, 0.1) is 0 Å². The Labute approximate surface area is 75.4 Å². The molecule has 0 aromatic heterocycles. The van der Waals surface area contributed by atoms with Gasteiger partial charge in [0.1, 0.15) is 0 Å². The molecule has 58 valence electrons. The zero-order valence-corrected chi connectivity index (χ0v) is 8.81. The van der Waals surface area contributed by atoms with Crippen LogP contribution in [0.25, 0.3) is 0 Å². The third kappa shape index (κ3) is 4.61. The second kappa shape index (κ2) is 7.34. The lowest BCUT2D eigenvalue weighted by Crippen LogP contribution is -1.83. The Bertz CT molecular complexity index is 73.4. The minimum atomic E-state index is 0. The molecule has 0 bridgehead atoms. The van der Waals surface area contributed by atoms with E-state index in [-0.39, 0.29) is 24.8 Å². The van der Waals surface area contributed by atoms with Gasteiger partial charge in [0.15, 0.2) is 0 Å². The van der Waals surface area contributed by atoms with Crippen LogP contribution < -0.4 is 0 Å². The van der Waals surface area contributed by atoms with Gasteiger partial charge in [0.25, 0.3) is 0 Å². The highest BCUT2D eigenvalue weighted by atomic mass is 35.5. The number of rotatable bonds is 1. The maximum absolute atomic E-state index is 5.00. The molecule has 1 saturated carbocycles. The predicted molar refractivity (Wildman–Crippen MR) is 53.8 cm³/mol. The fraction of sp³-hybridized carbons (Fsp3) is 1.00. The molecule has 1 atom stereocenters. The molecule has 0 amide bonds. The Morgan fingerprint density at radius 3 is 1.78 bits per heavy atom. The molecule has 1 aliphatic carbocycles. The number of hydrogen-bond donors (Lipinski definition) is 0. The molecule has 9 heavy (non-hydrogen) atoms. The Hall–Kier alpha value is 1.23. The summed E-state index contributed by atoms with van der Waals surface area (Å²) in [6.07, 6.45) is 5.79. The minimum Gasteiger partial charge on any atom is -0.147 e. The van der Waals surface area contributed by atoms with Gasteiger partial charge in [-0.05, 0) is 18.5 Å². The van der Waals surface area contributed by atoms with E-state index in [1.165, 1.54) is 25.7 Å². The monoisotopic (exact) mass is 206 g/mol. The molecule has 1 rings (SSSR count). The molecule has 0 N–H and O–H groups in total. The lowest BCUT2D eigenvalue weighted by atomic mass is 10.4. The number of hydrogen-bond acceptors (Lipinski definition) is 1. The van der Waals surface area contributed by atoms with Gasteiger partial charge in [-0.3, -0.25) is 0 Å². The summed E-state index contributed by atoms with van der Waals surface area (Å²) in [6.45, 7) is 0. The summed E-state index contributed by atoms with van der Waals surface area (Å²) in [5, 5.41) is 0. The van der Waals surface area contributed by atoms with E-state index in [2.05, 4.69) is 0 Å². The topological polar surface area (TPSA) is 0 Å². The molecule has 0 spiro atoms. The van der Waals surface area contributed by atoms with Crippen molar-refractivity contribution in [2.24, 2.45) is 0 Å². The quantitative estimate of drug-likeness (QED) is 0.595. The molecule has 0 heterocycles. The van der Waals surface area contributed by atoms with Crippen LogP contribution in [-0.2, 0) is 11.8 Å². The molecule has 0 nitrogen and oxygen atoms in total. The normalized spacial score (nSPS) is 19.6. The van der Waals surface area contributed by atoms with Crippen LogP contribution in [0.5, 0.6) is 0 Å². The highest BCUT2D eigenvalue weighted by molar-refractivity contribution is 7.96. The zero-order valence-electron chi connectivity index (χ0n) is 5.21. The summed E-state index contributed by atoms with van der Waals surface area (Å²) in [5.41, 5.74) is 0.995. The molecule has 0 radical (unpaired) electrons. The van der Waals surface area contributed by atoms with Gasteiger partial charge in [0.05, 0.1) is 0 Å². The molecule has 0 aromatic carbocycles. The predicted octanol–water partition coefficient (Wildman–Crippen LogP) is 2.65. The summed E-state index contributed by atoms with van der Waals surface area (Å²) in [6, 6.07) is 0. The van der Waals surface area contributed by atoms with E-state index >= 15 is 0 Å². The average molecular weight is 207 g/mol. The minimum absolute atomic E-state index is 0. The molecule has 0 aromatic rings. The Morgan fingerprint density at radius 2 is 1.56 bits per heavy atom. The van der Waals surface area contributed by atoms with E-state index in [1.807, 2.05) is 0 Å². The van der Waals surface area contributed by atoms with Crippen molar-refractivity contribution in [1.82, 2.24) is 0 Å². The van der Waals surface area contributed by atoms with E-state index in [0.717, 1.165) is 5.66 Å². The highest BCUT2D eigenvalue weighted by Gasteiger charge is 2.09. The molecule has 1 unspecified atom stereocenters. The van der Waals surface area contributed by atoms with E-state index in [4.69, 9.17) is 11.8 Å². The van der Waals surface area contributed by atoms with E-state index in [0.29, 0.717) is 7.36 Å². The van der Waals surface area contributed by atoms with Gasteiger partial charge in [0.2, 0.25) is 0 Å². The lowest BCUT2D eigenvalue weighted by Gasteiger charge is -1.94. The van der Waals surface area contributed by atoms with Crippen molar-refractivity contribution in [3.8, 4) is 0 Å². The largest absolute Gasteiger partial charge is 0.147 e. The van der Waals surface area contributed by atoms with Crippen molar-refractivity contribution in [3.05, 3.63) is 0 Å². The number of halogens is 2. The maximum Gasteiger partial charge on any atom is -0.0169 e. The zero-order chi connectivity index (χ0) is 5.11. The van der Waals surface area contributed by atoms with E-state index < -0.39 is 0 Å². The van der Waals surface area contributed by atoms with E-state index in [9.17, 15) is 0 Å². The molecular formula is C5H13Cl2PS. The Kier molecular flexibility index (Phi) is 10.5. The van der Waals surface area contributed by atoms with Gasteiger partial charge >= 0.3 is 0 Å². The third-order valence-electron chi connectivity index (χ3n) is 1.59. The molecule has 1 fully saturated rings. The van der Waals surface area contributed by atoms with Crippen molar-refractivity contribution in [1.29, 1.82) is 0 Å². The van der Waals surface area contributed by atoms with Crippen LogP contribution >= 0.6 is 32.2 Å². The first-order valence-electron chi connectivity index (χ1n) is 2.89. The SMILES string of the molecule is Cl.Cl.S=[PH2]C1CCCC1. The fourth-order valence-corrected chi connectivity index (χ4v) is 2.65. The maximum atomic E-state index is 5.00. The van der Waals surface area contributed by atoms with Crippen LogP contribution in [0.2, 0.25) is 0 Å². The van der Waals surface area contributed by atoms with Gasteiger partial charge < -0.3 is 0 Å². The van der Waals surface area contributed by atoms with Gasteiger partial charge in [-0.2, -0.15) is 0 Å². The highest BCUT2D eigenvalue weighted by Crippen LogP contribution is 2.27. The fourth-order valence-electron chi connectivity index (χ4n) is 1.09. The second-order valence-electron chi connectivity index (χ2n) is 2.18. The smallest absolute Gasteiger partial charge is 0.0169 e. The van der Waals surface area contributed by atoms with E-state index in [1.54, 1.807) is 0 Å². The summed E-state index contributed by atoms with van der Waals surface area (Å²) in [5.74, 6) is 0. The van der Waals surface area contributed by atoms with Gasteiger partial charge in [-0.25, -0.2) is 0 Å². The van der Waals surface area contributed by atoms with Crippen molar-refractivity contribution in [2.75, 3.05) is 0 Å². The van der Waals surface area contributed by atoms with Crippen LogP contribution in [-0.4, -0.2) is 5.66 Å². The lowest BCUT2D eigenvalue weighted by molar-refractivity contribution is 0.886. The van der Waals surface area contributed by atoms with Gasteiger partial charge in [-0.1, -0.05) is 20.2 Å². The van der Waals surface area contributed by atoms with Crippen molar-refractivity contribution >= 4 is 44.0 Å². The first-order valence-corrected chi connectivity index (χ1v) is 5.44. The summed E-state index contributed by atoms with van der Waals surface area (Å²) in [4.78, 5) is 0. The van der Waals surface area contributed by atoms with Crippen LogP contribution in [0.4, 0.5) is 0 Å². The van der Waals surface area contributed by atoms with Crippen LogP contribution in [0.15, 0.2) is 0 Å². The van der Waals surface area contributed by atoms with Crippen molar-refractivity contribution < 1.29 is 0 Å². The third-order valence-corrected chi connectivity index (χ3v) is 3.80. The summed E-state index contributed by atoms with van der Waals surface area (Å²) >= 11 is 5.00. The van der Waals surface area contributed by atoms with Crippen molar-refractivity contribution in [2.45, 2.75) is 31.3 Å². The summed E-state index contributed by atoms with van der Waals surface area (Å²) in [7, 11) is 0.384. The standard InChI is InChI=1S/C5H11PS.2ClH/c7-6-5-3-1-2-4-5;;/h5H,1-4,6H2;2*1H. The van der Waals surface area contributed by atoms with Gasteiger partial charge in [0, 0.05) is 0 Å². The average Bonchev–Trinajstić information content (AvgIpc) is 2.14. The molecule has 0 saturated heterocycles. The van der Waals surface area contributed by atoms with Crippen LogP contribution in [0.3, 0.4) is 0 Å². The summed E-state index contributed by atoms with van der Waals surface area (Å²) < 4.78 is 0. The van der Waals surface area contributed by atoms with Crippen molar-refractivity contribution in [3.63, 3.8) is 0 Å². The van der Waals surface area contributed by atoms with Gasteiger partial charge in [-0.15, -0.1) is 36.6 Å². The second-order valence-corrected chi connectivity index (χ2v) is 4.21. The Balaban J connectivity index is 0. The first kappa shape index (κ1) is 12.9. The molecular weight excluding hydrogens is 194 g/mol. The van der Waals surface area contributed by atoms with Crippen LogP contribution in [0.1, 0.15) is 25.7 Å². The first-order chi connectivity index (χ1) is 3.43. The molecule has 1 aliphatic rings. The Morgan fingerprint density at radius 1 is 1.11 bits per heavy atom. The molecule has 0 aliphatic heterocycles. The molecule has 4 heteroatoms.